The van der Waals surface area contributed by atoms with E-state index in [9.17, 15) is 9.18 Å². The second kappa shape index (κ2) is 8.82. The number of nitrogens with one attached hydrogen (secondary N) is 1. The van der Waals surface area contributed by atoms with Crippen molar-refractivity contribution in [1.29, 1.82) is 0 Å². The number of piperidine rings is 1. The number of carbonyl (C=O) groups is 1. The summed E-state index contributed by atoms with van der Waals surface area (Å²) in [6.07, 6.45) is 4.02. The van der Waals surface area contributed by atoms with Crippen molar-refractivity contribution in [2.45, 2.75) is 43.9 Å². The maximum absolute atomic E-state index is 13.3. The summed E-state index contributed by atoms with van der Waals surface area (Å²) >= 11 is 5.96. The van der Waals surface area contributed by atoms with Crippen LogP contribution in [0.2, 0.25) is 5.02 Å². The van der Waals surface area contributed by atoms with Crippen LogP contribution < -0.4 is 5.32 Å². The van der Waals surface area contributed by atoms with Crippen molar-refractivity contribution >= 4 is 17.5 Å². The van der Waals surface area contributed by atoms with Gasteiger partial charge in [0.05, 0.1) is 11.7 Å². The van der Waals surface area contributed by atoms with E-state index < -0.39 is 5.82 Å². The number of likely N-dealkylation sites (tertiary alicyclic amines) is 1. The van der Waals surface area contributed by atoms with Gasteiger partial charge in [-0.05, 0) is 61.6 Å². The summed E-state index contributed by atoms with van der Waals surface area (Å²) in [6.45, 7) is 3.40. The van der Waals surface area contributed by atoms with Crippen molar-refractivity contribution in [3.8, 4) is 0 Å². The maximum atomic E-state index is 13.3. The molecular formula is C23H26ClFN2O2. The lowest BCUT2D eigenvalue weighted by atomic mass is 9.88. The molecule has 29 heavy (non-hydrogen) atoms. The van der Waals surface area contributed by atoms with E-state index >= 15 is 0 Å². The van der Waals surface area contributed by atoms with Gasteiger partial charge in [-0.25, -0.2) is 4.39 Å². The number of nitrogens with zero attached hydrogens (tertiary/aromatic N) is 1. The quantitative estimate of drug-likeness (QED) is 0.784. The van der Waals surface area contributed by atoms with Crippen LogP contribution in [0.5, 0.6) is 0 Å². The molecule has 1 atom stereocenters. The second-order valence-corrected chi connectivity index (χ2v) is 8.52. The van der Waals surface area contributed by atoms with Gasteiger partial charge in [0.1, 0.15) is 5.82 Å². The SMILES string of the molecule is O=C(NCC1CCC2(CCN(Cc3ccc(Cl)cc3)CC2)O1)c1cccc(F)c1. The molecule has 2 aliphatic heterocycles. The van der Waals surface area contributed by atoms with Gasteiger partial charge in [-0.1, -0.05) is 29.8 Å². The summed E-state index contributed by atoms with van der Waals surface area (Å²) in [7, 11) is 0. The van der Waals surface area contributed by atoms with Gasteiger partial charge in [0.25, 0.3) is 5.91 Å². The van der Waals surface area contributed by atoms with Gasteiger partial charge in [0.15, 0.2) is 0 Å². The Morgan fingerprint density at radius 3 is 2.66 bits per heavy atom. The van der Waals surface area contributed by atoms with E-state index in [0.29, 0.717) is 12.1 Å². The number of hydrogen-bond donors (Lipinski definition) is 1. The Kier molecular flexibility index (Phi) is 6.18. The van der Waals surface area contributed by atoms with E-state index in [1.54, 1.807) is 12.1 Å². The first kappa shape index (κ1) is 20.3. The minimum atomic E-state index is -0.404. The van der Waals surface area contributed by atoms with Crippen LogP contribution in [0.1, 0.15) is 41.6 Å². The van der Waals surface area contributed by atoms with E-state index in [0.717, 1.165) is 50.3 Å². The largest absolute Gasteiger partial charge is 0.370 e. The van der Waals surface area contributed by atoms with E-state index in [1.165, 1.54) is 17.7 Å². The van der Waals surface area contributed by atoms with E-state index in [4.69, 9.17) is 16.3 Å². The third kappa shape index (κ3) is 5.16. The molecule has 4 nitrogen and oxygen atoms in total. The molecule has 0 radical (unpaired) electrons. The molecular weight excluding hydrogens is 391 g/mol. The van der Waals surface area contributed by atoms with Crippen LogP contribution in [0.4, 0.5) is 4.39 Å². The highest BCUT2D eigenvalue weighted by Gasteiger charge is 2.42. The van der Waals surface area contributed by atoms with Gasteiger partial charge in [-0.15, -0.1) is 0 Å². The molecule has 1 amide bonds. The molecule has 0 aliphatic carbocycles. The van der Waals surface area contributed by atoms with E-state index in [2.05, 4.69) is 22.3 Å². The molecule has 2 aliphatic rings. The Bertz CT molecular complexity index is 850. The predicted molar refractivity (Wildman–Crippen MR) is 112 cm³/mol. The third-order valence-electron chi connectivity index (χ3n) is 6.00. The lowest BCUT2D eigenvalue weighted by Crippen LogP contribution is -2.44. The summed E-state index contributed by atoms with van der Waals surface area (Å²) in [4.78, 5) is 14.7. The molecule has 2 aromatic rings. The molecule has 2 aromatic carbocycles. The monoisotopic (exact) mass is 416 g/mol. The average Bonchev–Trinajstić information content (AvgIpc) is 3.12. The number of rotatable bonds is 5. The molecule has 6 heteroatoms. The fourth-order valence-corrected chi connectivity index (χ4v) is 4.44. The minimum absolute atomic E-state index is 0.0234. The smallest absolute Gasteiger partial charge is 0.251 e. The summed E-state index contributed by atoms with van der Waals surface area (Å²) in [6, 6.07) is 13.8. The van der Waals surface area contributed by atoms with Crippen LogP contribution in [0, 0.1) is 5.82 Å². The Hall–Kier alpha value is -1.95. The normalized spacial score (nSPS) is 21.4. The Labute approximate surface area is 176 Å². The van der Waals surface area contributed by atoms with Gasteiger partial charge >= 0.3 is 0 Å². The van der Waals surface area contributed by atoms with Crippen molar-refractivity contribution in [2.24, 2.45) is 0 Å². The summed E-state index contributed by atoms with van der Waals surface area (Å²) in [5, 5.41) is 3.65. The van der Waals surface area contributed by atoms with Crippen LogP contribution in [0.25, 0.3) is 0 Å². The van der Waals surface area contributed by atoms with Crippen molar-refractivity contribution in [1.82, 2.24) is 10.2 Å². The molecule has 2 heterocycles. The van der Waals surface area contributed by atoms with Crippen LogP contribution in [0.3, 0.4) is 0 Å². The maximum Gasteiger partial charge on any atom is 0.251 e. The highest BCUT2D eigenvalue weighted by atomic mass is 35.5. The zero-order chi connectivity index (χ0) is 20.3. The molecule has 1 unspecified atom stereocenters. The molecule has 154 valence electrons. The second-order valence-electron chi connectivity index (χ2n) is 8.08. The molecule has 1 N–H and O–H groups in total. The number of hydrogen-bond acceptors (Lipinski definition) is 3. The molecule has 4 rings (SSSR count). The van der Waals surface area contributed by atoms with Crippen LogP contribution in [-0.2, 0) is 11.3 Å². The fourth-order valence-electron chi connectivity index (χ4n) is 4.31. The zero-order valence-electron chi connectivity index (χ0n) is 16.4. The lowest BCUT2D eigenvalue weighted by molar-refractivity contribution is -0.0764. The summed E-state index contributed by atoms with van der Waals surface area (Å²) in [5.41, 5.74) is 1.55. The molecule has 1 spiro atoms. The minimum Gasteiger partial charge on any atom is -0.370 e. The number of halogens is 2. The highest BCUT2D eigenvalue weighted by Crippen LogP contribution is 2.39. The number of carbonyl (C=O) groups excluding carboxylic acids is 1. The third-order valence-corrected chi connectivity index (χ3v) is 6.25. The molecule has 0 aromatic heterocycles. The summed E-state index contributed by atoms with van der Waals surface area (Å²) in [5.74, 6) is -0.661. The van der Waals surface area contributed by atoms with Gasteiger partial charge in [-0.2, -0.15) is 0 Å². The topological polar surface area (TPSA) is 41.6 Å². The van der Waals surface area contributed by atoms with Gasteiger partial charge in [0, 0.05) is 36.8 Å². The van der Waals surface area contributed by atoms with Crippen molar-refractivity contribution in [3.05, 3.63) is 70.5 Å². The number of amides is 1. The first-order valence-electron chi connectivity index (χ1n) is 10.2. The Balaban J connectivity index is 1.23. The van der Waals surface area contributed by atoms with Crippen molar-refractivity contribution in [3.63, 3.8) is 0 Å². The number of benzene rings is 2. The summed E-state index contributed by atoms with van der Waals surface area (Å²) < 4.78 is 19.7. The van der Waals surface area contributed by atoms with Crippen LogP contribution >= 0.6 is 11.6 Å². The van der Waals surface area contributed by atoms with Gasteiger partial charge < -0.3 is 10.1 Å². The Morgan fingerprint density at radius 1 is 1.17 bits per heavy atom. The zero-order valence-corrected chi connectivity index (χ0v) is 17.1. The van der Waals surface area contributed by atoms with Gasteiger partial charge in [0.2, 0.25) is 0 Å². The molecule has 2 fully saturated rings. The van der Waals surface area contributed by atoms with E-state index in [1.807, 2.05) is 12.1 Å². The van der Waals surface area contributed by atoms with Crippen molar-refractivity contribution < 1.29 is 13.9 Å². The first-order chi connectivity index (χ1) is 14.0. The number of ether oxygens (including phenoxy) is 1. The van der Waals surface area contributed by atoms with Gasteiger partial charge in [-0.3, -0.25) is 9.69 Å². The molecule has 2 saturated heterocycles. The van der Waals surface area contributed by atoms with Crippen LogP contribution in [-0.4, -0.2) is 42.1 Å². The average molecular weight is 417 g/mol. The standard InChI is InChI=1S/C23H26ClFN2O2/c24-19-6-4-17(5-7-19)16-27-12-10-23(11-13-27)9-8-21(29-23)15-26-22(28)18-2-1-3-20(25)14-18/h1-7,14,21H,8-13,15-16H2,(H,26,28). The lowest BCUT2D eigenvalue weighted by Gasteiger charge is -2.39. The molecule has 0 saturated carbocycles. The predicted octanol–water partition coefficient (Wildman–Crippen LogP) is 4.42. The van der Waals surface area contributed by atoms with Crippen LogP contribution in [0.15, 0.2) is 48.5 Å². The first-order valence-corrected chi connectivity index (χ1v) is 10.6. The fraction of sp³-hybridized carbons (Fsp3) is 0.435. The highest BCUT2D eigenvalue weighted by molar-refractivity contribution is 6.30. The van der Waals surface area contributed by atoms with E-state index in [-0.39, 0.29) is 17.6 Å². The Morgan fingerprint density at radius 2 is 1.93 bits per heavy atom. The van der Waals surface area contributed by atoms with Crippen molar-refractivity contribution in [2.75, 3.05) is 19.6 Å². The molecule has 0 bridgehead atoms.